The van der Waals surface area contributed by atoms with Gasteiger partial charge in [-0.2, -0.15) is 0 Å². The van der Waals surface area contributed by atoms with Crippen LogP contribution in [0.4, 0.5) is 0 Å². The molecule has 3 rings (SSSR count). The van der Waals surface area contributed by atoms with E-state index in [0.717, 1.165) is 32.5 Å². The fraction of sp³-hybridized carbons (Fsp3) is 0.462. The van der Waals surface area contributed by atoms with E-state index >= 15 is 0 Å². The lowest BCUT2D eigenvalue weighted by Gasteiger charge is -2.45. The van der Waals surface area contributed by atoms with Crippen LogP contribution >= 0.6 is 0 Å². The van der Waals surface area contributed by atoms with E-state index in [0.29, 0.717) is 23.1 Å². The summed E-state index contributed by atoms with van der Waals surface area (Å²) in [4.78, 5) is 18.9. The fourth-order valence-electron chi connectivity index (χ4n) is 4.14. The summed E-state index contributed by atoms with van der Waals surface area (Å²) in [5.41, 5.74) is 1.77. The van der Waals surface area contributed by atoms with Gasteiger partial charge in [-0.15, -0.1) is 0 Å². The first kappa shape index (κ1) is 22.2. The van der Waals surface area contributed by atoms with Gasteiger partial charge in [-0.05, 0) is 66.5 Å². The van der Waals surface area contributed by atoms with Crippen LogP contribution in [0, 0.1) is 11.8 Å². The van der Waals surface area contributed by atoms with Gasteiger partial charge in [-0.25, -0.2) is 4.79 Å². The van der Waals surface area contributed by atoms with E-state index in [1.165, 1.54) is 11.8 Å². The lowest BCUT2D eigenvalue weighted by Crippen LogP contribution is -2.47. The Kier molecular flexibility index (Phi) is 7.43. The maximum Gasteiger partial charge on any atom is 0.345 e. The Bertz CT molecular complexity index is 862. The van der Waals surface area contributed by atoms with Gasteiger partial charge in [0.05, 0.1) is 5.56 Å². The number of allylic oxidation sites excluding steroid dienone is 1. The lowest BCUT2D eigenvalue weighted by atomic mass is 9.68. The number of hydrogen-bond acceptors (Lipinski definition) is 4. The quantitative estimate of drug-likeness (QED) is 0.346. The number of ether oxygens (including phenoxy) is 1. The van der Waals surface area contributed by atoms with Crippen molar-refractivity contribution in [3.05, 3.63) is 72.1 Å². The van der Waals surface area contributed by atoms with Gasteiger partial charge in [-0.3, -0.25) is 4.98 Å². The van der Waals surface area contributed by atoms with Crippen LogP contribution < -0.4 is 4.74 Å². The van der Waals surface area contributed by atoms with Crippen molar-refractivity contribution in [2.24, 2.45) is 11.8 Å². The van der Waals surface area contributed by atoms with Gasteiger partial charge >= 0.3 is 5.97 Å². The molecule has 2 unspecified atom stereocenters. The molecule has 0 radical (unpaired) electrons. The molecule has 2 atom stereocenters. The summed E-state index contributed by atoms with van der Waals surface area (Å²) in [6.45, 7) is 12.4. The highest BCUT2D eigenvalue weighted by molar-refractivity contribution is 5.90. The maximum absolute atomic E-state index is 12.4. The fourth-order valence-corrected chi connectivity index (χ4v) is 4.14. The summed E-state index contributed by atoms with van der Waals surface area (Å²) in [6.07, 6.45) is 9.98. The average molecular weight is 407 g/mol. The largest absolute Gasteiger partial charge is 0.423 e. The van der Waals surface area contributed by atoms with Crippen LogP contribution in [0.25, 0.3) is 0 Å². The molecule has 0 spiro atoms. The van der Waals surface area contributed by atoms with Crippen molar-refractivity contribution in [3.8, 4) is 5.75 Å². The normalized spacial score (nSPS) is 22.5. The van der Waals surface area contributed by atoms with Crippen molar-refractivity contribution < 1.29 is 9.53 Å². The summed E-state index contributed by atoms with van der Waals surface area (Å²) in [5, 5.41) is 0. The second-order valence-corrected chi connectivity index (χ2v) is 8.99. The first-order chi connectivity index (χ1) is 14.4. The van der Waals surface area contributed by atoms with Crippen LogP contribution in [0.1, 0.15) is 56.5 Å². The SMILES string of the molecule is CC(C)C=CCCN1CCC(C)(c2cccc(OC(=O)c3cccnc3)c2)C(C)C1. The second-order valence-electron chi connectivity index (χ2n) is 8.99. The summed E-state index contributed by atoms with van der Waals surface area (Å²) >= 11 is 0. The molecule has 0 saturated carbocycles. The highest BCUT2D eigenvalue weighted by Crippen LogP contribution is 2.40. The Morgan fingerprint density at radius 1 is 1.33 bits per heavy atom. The molecule has 1 aromatic heterocycles. The van der Waals surface area contributed by atoms with Gasteiger partial charge in [0.1, 0.15) is 5.75 Å². The standard InChI is InChI=1S/C26H34N2O2/c1-20(2)9-5-6-15-28-16-13-26(4,21(3)19-28)23-11-7-12-24(17-23)30-25(29)22-10-8-14-27-18-22/h5,7-12,14,17-18,20-21H,6,13,15-16,19H2,1-4H3. The van der Waals surface area contributed by atoms with E-state index < -0.39 is 0 Å². The molecular weight excluding hydrogens is 372 g/mol. The highest BCUT2D eigenvalue weighted by Gasteiger charge is 2.38. The number of esters is 1. The second kappa shape index (κ2) is 10.0. The third-order valence-electron chi connectivity index (χ3n) is 6.30. The molecule has 1 aliphatic heterocycles. The van der Waals surface area contributed by atoms with Crippen molar-refractivity contribution in [3.63, 3.8) is 0 Å². The van der Waals surface area contributed by atoms with E-state index in [4.69, 9.17) is 4.74 Å². The number of piperidine rings is 1. The van der Waals surface area contributed by atoms with E-state index in [1.807, 2.05) is 18.2 Å². The number of likely N-dealkylation sites (tertiary alicyclic amines) is 1. The molecule has 1 aromatic carbocycles. The van der Waals surface area contributed by atoms with Crippen molar-refractivity contribution >= 4 is 5.97 Å². The van der Waals surface area contributed by atoms with Crippen molar-refractivity contribution in [1.29, 1.82) is 0 Å². The molecule has 0 bridgehead atoms. The van der Waals surface area contributed by atoms with Crippen LogP contribution in [-0.4, -0.2) is 35.5 Å². The van der Waals surface area contributed by atoms with Gasteiger partial charge in [0.25, 0.3) is 0 Å². The smallest absolute Gasteiger partial charge is 0.345 e. The minimum atomic E-state index is -0.372. The van der Waals surface area contributed by atoms with Crippen LogP contribution in [0.2, 0.25) is 0 Å². The number of benzene rings is 1. The first-order valence-corrected chi connectivity index (χ1v) is 11.0. The van der Waals surface area contributed by atoms with Gasteiger partial charge in [0, 0.05) is 25.5 Å². The van der Waals surface area contributed by atoms with Crippen LogP contribution in [0.5, 0.6) is 5.75 Å². The Morgan fingerprint density at radius 3 is 2.87 bits per heavy atom. The molecule has 160 valence electrons. The molecule has 2 aromatic rings. The number of nitrogens with zero attached hydrogens (tertiary/aromatic N) is 2. The van der Waals surface area contributed by atoms with E-state index in [1.54, 1.807) is 18.3 Å². The van der Waals surface area contributed by atoms with Gasteiger partial charge in [-0.1, -0.05) is 52.0 Å². The zero-order valence-electron chi connectivity index (χ0n) is 18.7. The number of pyridine rings is 1. The molecule has 1 fully saturated rings. The van der Waals surface area contributed by atoms with E-state index in [-0.39, 0.29) is 11.4 Å². The molecule has 0 N–H and O–H groups in total. The maximum atomic E-state index is 12.4. The molecular formula is C26H34N2O2. The molecule has 1 saturated heterocycles. The first-order valence-electron chi connectivity index (χ1n) is 11.0. The van der Waals surface area contributed by atoms with Gasteiger partial charge in [0.2, 0.25) is 0 Å². The Morgan fingerprint density at radius 2 is 2.17 bits per heavy atom. The van der Waals surface area contributed by atoms with Crippen LogP contribution in [0.15, 0.2) is 60.9 Å². The van der Waals surface area contributed by atoms with Crippen molar-refractivity contribution in [2.75, 3.05) is 19.6 Å². The van der Waals surface area contributed by atoms with Crippen LogP contribution in [-0.2, 0) is 5.41 Å². The third-order valence-corrected chi connectivity index (χ3v) is 6.30. The average Bonchev–Trinajstić information content (AvgIpc) is 2.74. The van der Waals surface area contributed by atoms with E-state index in [2.05, 4.69) is 55.8 Å². The Labute approximate surface area is 181 Å². The van der Waals surface area contributed by atoms with Gasteiger partial charge < -0.3 is 9.64 Å². The molecule has 2 heterocycles. The lowest BCUT2D eigenvalue weighted by molar-refractivity contribution is 0.0733. The number of hydrogen-bond donors (Lipinski definition) is 0. The molecule has 0 amide bonds. The highest BCUT2D eigenvalue weighted by atomic mass is 16.5. The monoisotopic (exact) mass is 406 g/mol. The molecule has 4 heteroatoms. The topological polar surface area (TPSA) is 42.4 Å². The Balaban J connectivity index is 1.64. The Hall–Kier alpha value is -2.46. The number of carbonyl (C=O) groups is 1. The minimum Gasteiger partial charge on any atom is -0.423 e. The number of aromatic nitrogens is 1. The summed E-state index contributed by atoms with van der Waals surface area (Å²) in [6, 6.07) is 11.5. The molecule has 4 nitrogen and oxygen atoms in total. The van der Waals surface area contributed by atoms with Gasteiger partial charge in [0.15, 0.2) is 0 Å². The predicted octanol–water partition coefficient (Wildman–Crippen LogP) is 5.50. The van der Waals surface area contributed by atoms with Crippen LogP contribution in [0.3, 0.4) is 0 Å². The molecule has 1 aliphatic rings. The molecule has 30 heavy (non-hydrogen) atoms. The number of rotatable bonds is 7. The van der Waals surface area contributed by atoms with Crippen molar-refractivity contribution in [2.45, 2.75) is 46.0 Å². The third kappa shape index (κ3) is 5.57. The van der Waals surface area contributed by atoms with Crippen molar-refractivity contribution in [1.82, 2.24) is 9.88 Å². The minimum absolute atomic E-state index is 0.0704. The zero-order chi connectivity index (χ0) is 21.6. The summed E-state index contributed by atoms with van der Waals surface area (Å²) in [7, 11) is 0. The zero-order valence-corrected chi connectivity index (χ0v) is 18.7. The summed E-state index contributed by atoms with van der Waals surface area (Å²) in [5.74, 6) is 1.36. The molecule has 0 aliphatic carbocycles. The number of carbonyl (C=O) groups excluding carboxylic acids is 1. The predicted molar refractivity (Wildman–Crippen MR) is 122 cm³/mol. The van der Waals surface area contributed by atoms with E-state index in [9.17, 15) is 4.79 Å². The summed E-state index contributed by atoms with van der Waals surface area (Å²) < 4.78 is 5.62.